The predicted octanol–water partition coefficient (Wildman–Crippen LogP) is 5.01. The average molecular weight is 478 g/mol. The molecule has 0 aliphatic carbocycles. The number of amides is 1. The van der Waals surface area contributed by atoms with Crippen LogP contribution in [0.25, 0.3) is 0 Å². The fourth-order valence-electron chi connectivity index (χ4n) is 4.42. The number of rotatable bonds is 10. The molecule has 0 fully saturated rings. The Morgan fingerprint density at radius 1 is 0.886 bits per heavy atom. The van der Waals surface area contributed by atoms with Crippen LogP contribution < -0.4 is 23.7 Å². The van der Waals surface area contributed by atoms with Crippen LogP contribution in [0.15, 0.2) is 60.7 Å². The topological polar surface area (TPSA) is 66.5 Å². The van der Waals surface area contributed by atoms with E-state index in [1.54, 1.807) is 28.3 Å². The lowest BCUT2D eigenvalue weighted by atomic mass is 9.87. The Morgan fingerprint density at radius 3 is 2.37 bits per heavy atom. The summed E-state index contributed by atoms with van der Waals surface area (Å²) in [5, 5.41) is 0. The number of benzene rings is 3. The summed E-state index contributed by atoms with van der Waals surface area (Å²) in [6.07, 6.45) is 0.701. The number of methoxy groups -OCH3 is 3. The molecule has 1 atom stereocenters. The lowest BCUT2D eigenvalue weighted by Crippen LogP contribution is -2.30. The van der Waals surface area contributed by atoms with Gasteiger partial charge in [0.05, 0.1) is 21.3 Å². The Morgan fingerprint density at radius 2 is 1.63 bits per heavy atom. The number of nitrogens with zero attached hydrogens (tertiary/aromatic N) is 1. The molecule has 4 rings (SSSR count). The van der Waals surface area contributed by atoms with Crippen LogP contribution in [0.3, 0.4) is 0 Å². The number of hydrogen-bond donors (Lipinski definition) is 0. The highest BCUT2D eigenvalue weighted by Crippen LogP contribution is 2.40. The second kappa shape index (κ2) is 11.0. The number of carbonyl (C=O) groups is 1. The van der Waals surface area contributed by atoms with Crippen LogP contribution in [-0.4, -0.2) is 45.5 Å². The van der Waals surface area contributed by atoms with Gasteiger partial charge in [-0.2, -0.15) is 0 Å². The van der Waals surface area contributed by atoms with E-state index in [1.807, 2.05) is 53.4 Å². The van der Waals surface area contributed by atoms with E-state index in [2.05, 4.69) is 12.1 Å². The number of hydrogen-bond acceptors (Lipinski definition) is 6. The maximum Gasteiger partial charge on any atom is 0.231 e. The molecule has 1 heterocycles. The molecule has 1 aliphatic rings. The summed E-state index contributed by atoms with van der Waals surface area (Å²) in [7, 11) is 4.88. The largest absolute Gasteiger partial charge is 0.496 e. The first kappa shape index (κ1) is 24.3. The molecule has 0 aromatic heterocycles. The minimum Gasteiger partial charge on any atom is -0.496 e. The molecule has 3 aromatic carbocycles. The number of carbonyl (C=O) groups excluding carboxylic acids is 1. The van der Waals surface area contributed by atoms with Crippen LogP contribution in [0.2, 0.25) is 0 Å². The standard InChI is InChI=1S/C28H31NO6/c1-19(30)29(17-20-9-11-25(32-3)27(15-20)33-4)14-13-22(23-7-5-6-8-24(23)31-2)21-10-12-26-28(16-21)35-18-34-26/h5-12,15-16,22H,13-14,17-18H2,1-4H3. The van der Waals surface area contributed by atoms with E-state index >= 15 is 0 Å². The third-order valence-electron chi connectivity index (χ3n) is 6.27. The molecule has 1 aliphatic heterocycles. The van der Waals surface area contributed by atoms with E-state index in [-0.39, 0.29) is 18.6 Å². The van der Waals surface area contributed by atoms with Crippen LogP contribution in [-0.2, 0) is 11.3 Å². The first-order chi connectivity index (χ1) is 17.0. The fraction of sp³-hybridized carbons (Fsp3) is 0.321. The number of fused-ring (bicyclic) bond motifs is 1. The molecule has 1 amide bonds. The van der Waals surface area contributed by atoms with Crippen LogP contribution >= 0.6 is 0 Å². The molecule has 0 radical (unpaired) electrons. The summed E-state index contributed by atoms with van der Waals surface area (Å²) in [4.78, 5) is 14.4. The molecule has 0 saturated carbocycles. The first-order valence-electron chi connectivity index (χ1n) is 11.5. The van der Waals surface area contributed by atoms with E-state index in [9.17, 15) is 4.79 Å². The quantitative estimate of drug-likeness (QED) is 0.409. The first-order valence-corrected chi connectivity index (χ1v) is 11.5. The van der Waals surface area contributed by atoms with Gasteiger partial charge in [-0.05, 0) is 47.9 Å². The van der Waals surface area contributed by atoms with Gasteiger partial charge in [0.25, 0.3) is 0 Å². The van der Waals surface area contributed by atoms with Crippen molar-refractivity contribution in [1.29, 1.82) is 0 Å². The third kappa shape index (κ3) is 5.45. The molecule has 0 bridgehead atoms. The van der Waals surface area contributed by atoms with Crippen molar-refractivity contribution in [3.63, 3.8) is 0 Å². The Bertz CT molecular complexity index is 1180. The van der Waals surface area contributed by atoms with Gasteiger partial charge in [0.2, 0.25) is 12.7 Å². The number of para-hydroxylation sites is 1. The summed E-state index contributed by atoms with van der Waals surface area (Å²) < 4.78 is 27.6. The molecular formula is C28H31NO6. The van der Waals surface area contributed by atoms with Crippen LogP contribution in [0.1, 0.15) is 36.0 Å². The van der Waals surface area contributed by atoms with Gasteiger partial charge >= 0.3 is 0 Å². The molecule has 1 unspecified atom stereocenters. The average Bonchev–Trinajstić information content (AvgIpc) is 3.36. The maximum absolute atomic E-state index is 12.6. The van der Waals surface area contributed by atoms with Crippen molar-refractivity contribution in [3.8, 4) is 28.7 Å². The van der Waals surface area contributed by atoms with E-state index in [0.29, 0.717) is 31.0 Å². The van der Waals surface area contributed by atoms with Gasteiger partial charge in [0.1, 0.15) is 5.75 Å². The zero-order valence-corrected chi connectivity index (χ0v) is 20.6. The Balaban J connectivity index is 1.60. The lowest BCUT2D eigenvalue weighted by molar-refractivity contribution is -0.129. The van der Waals surface area contributed by atoms with Crippen LogP contribution in [0.5, 0.6) is 28.7 Å². The molecule has 184 valence electrons. The molecule has 7 heteroatoms. The molecule has 7 nitrogen and oxygen atoms in total. The minimum atomic E-state index is -0.00657. The van der Waals surface area contributed by atoms with Crippen molar-refractivity contribution >= 4 is 5.91 Å². The summed E-state index contributed by atoms with van der Waals surface area (Å²) >= 11 is 0. The van der Waals surface area contributed by atoms with Crippen molar-refractivity contribution in [2.45, 2.75) is 25.8 Å². The van der Waals surface area contributed by atoms with Crippen molar-refractivity contribution in [2.24, 2.45) is 0 Å². The van der Waals surface area contributed by atoms with Gasteiger partial charge in [0, 0.05) is 31.5 Å². The van der Waals surface area contributed by atoms with Crippen LogP contribution in [0.4, 0.5) is 0 Å². The second-order valence-corrected chi connectivity index (χ2v) is 8.33. The van der Waals surface area contributed by atoms with Gasteiger partial charge in [0.15, 0.2) is 23.0 Å². The van der Waals surface area contributed by atoms with E-state index < -0.39 is 0 Å². The van der Waals surface area contributed by atoms with Crippen molar-refractivity contribution in [2.75, 3.05) is 34.7 Å². The maximum atomic E-state index is 12.6. The highest BCUT2D eigenvalue weighted by molar-refractivity contribution is 5.73. The van der Waals surface area contributed by atoms with Gasteiger partial charge < -0.3 is 28.6 Å². The van der Waals surface area contributed by atoms with Gasteiger partial charge in [-0.15, -0.1) is 0 Å². The minimum absolute atomic E-state index is 0.00393. The van der Waals surface area contributed by atoms with Crippen LogP contribution in [0, 0.1) is 0 Å². The summed E-state index contributed by atoms with van der Waals surface area (Å²) in [5.41, 5.74) is 3.10. The predicted molar refractivity (Wildman–Crippen MR) is 133 cm³/mol. The highest BCUT2D eigenvalue weighted by atomic mass is 16.7. The SMILES string of the molecule is COc1ccc(CN(CCC(c2ccc3c(c2)OCO3)c2ccccc2OC)C(C)=O)cc1OC. The normalized spacial score (nSPS) is 12.7. The number of ether oxygens (including phenoxy) is 5. The summed E-state index contributed by atoms with van der Waals surface area (Å²) in [6.45, 7) is 2.84. The van der Waals surface area contributed by atoms with Crippen molar-refractivity contribution in [1.82, 2.24) is 4.90 Å². The Labute approximate surface area is 206 Å². The lowest BCUT2D eigenvalue weighted by Gasteiger charge is -2.26. The van der Waals surface area contributed by atoms with E-state index in [0.717, 1.165) is 33.9 Å². The summed E-state index contributed by atoms with van der Waals surface area (Å²) in [6, 6.07) is 19.7. The van der Waals surface area contributed by atoms with E-state index in [1.165, 1.54) is 0 Å². The van der Waals surface area contributed by atoms with Crippen molar-refractivity contribution < 1.29 is 28.5 Å². The Hall–Kier alpha value is -3.87. The molecule has 0 saturated heterocycles. The zero-order valence-electron chi connectivity index (χ0n) is 20.6. The smallest absolute Gasteiger partial charge is 0.231 e. The fourth-order valence-corrected chi connectivity index (χ4v) is 4.42. The second-order valence-electron chi connectivity index (χ2n) is 8.33. The van der Waals surface area contributed by atoms with Gasteiger partial charge in [-0.3, -0.25) is 4.79 Å². The third-order valence-corrected chi connectivity index (χ3v) is 6.27. The van der Waals surface area contributed by atoms with E-state index in [4.69, 9.17) is 23.7 Å². The van der Waals surface area contributed by atoms with Gasteiger partial charge in [-0.25, -0.2) is 0 Å². The van der Waals surface area contributed by atoms with Gasteiger partial charge in [-0.1, -0.05) is 30.3 Å². The molecule has 0 spiro atoms. The molecule has 3 aromatic rings. The van der Waals surface area contributed by atoms with Crippen molar-refractivity contribution in [3.05, 3.63) is 77.4 Å². The summed E-state index contributed by atoms with van der Waals surface area (Å²) in [5.74, 6) is 3.58. The monoisotopic (exact) mass is 477 g/mol. The molecular weight excluding hydrogens is 446 g/mol. The zero-order chi connectivity index (χ0) is 24.8. The molecule has 0 N–H and O–H groups in total. The Kier molecular flexibility index (Phi) is 7.65. The molecule has 35 heavy (non-hydrogen) atoms. The highest BCUT2D eigenvalue weighted by Gasteiger charge is 2.23.